The molecule has 2 heterocycles. The topological polar surface area (TPSA) is 55.8 Å². The number of ether oxygens (including phenoxy) is 2. The van der Waals surface area contributed by atoms with Crippen LogP contribution in [0.3, 0.4) is 0 Å². The molecule has 0 spiro atoms. The molecule has 3 rings (SSSR count). The van der Waals surface area contributed by atoms with Gasteiger partial charge in [-0.1, -0.05) is 50.0 Å². The first-order valence-electron chi connectivity index (χ1n) is 9.01. The van der Waals surface area contributed by atoms with Gasteiger partial charge in [0.2, 0.25) is 5.91 Å². The Morgan fingerprint density at radius 1 is 1.15 bits per heavy atom. The molecule has 1 amide bonds. The van der Waals surface area contributed by atoms with Gasteiger partial charge in [-0.3, -0.25) is 9.59 Å². The molecule has 2 atom stereocenters. The Morgan fingerprint density at radius 3 is 2.35 bits per heavy atom. The number of benzene rings is 1. The van der Waals surface area contributed by atoms with Crippen LogP contribution in [0.5, 0.6) is 0 Å². The van der Waals surface area contributed by atoms with Gasteiger partial charge in [-0.05, 0) is 25.5 Å². The van der Waals surface area contributed by atoms with E-state index in [1.54, 1.807) is 11.0 Å². The first-order chi connectivity index (χ1) is 12.1. The molecule has 5 nitrogen and oxygen atoms in total. The summed E-state index contributed by atoms with van der Waals surface area (Å²) in [7, 11) is -1.94. The summed E-state index contributed by atoms with van der Waals surface area (Å²) in [5, 5.41) is 0.674. The van der Waals surface area contributed by atoms with Crippen LogP contribution < -0.4 is 0 Å². The lowest BCUT2D eigenvalue weighted by Crippen LogP contribution is -2.57. The van der Waals surface area contributed by atoms with E-state index in [4.69, 9.17) is 9.47 Å². The average molecular weight is 374 g/mol. The first kappa shape index (κ1) is 19.0. The number of rotatable bonds is 4. The summed E-state index contributed by atoms with van der Waals surface area (Å²) in [5.41, 5.74) is 0.994. The quantitative estimate of drug-likeness (QED) is 0.762. The van der Waals surface area contributed by atoms with E-state index in [9.17, 15) is 9.59 Å². The third kappa shape index (κ3) is 3.82. The molecule has 6 heteroatoms. The fourth-order valence-corrected chi connectivity index (χ4v) is 4.83. The van der Waals surface area contributed by atoms with Crippen LogP contribution in [0, 0.1) is 0 Å². The number of carbonyl (C=O) groups excluding carboxylic acids is 2. The number of carbonyl (C=O) groups is 2. The first-order valence-corrected chi connectivity index (χ1v) is 12.5. The smallest absolute Gasteiger partial charge is 0.246 e. The minimum absolute atomic E-state index is 0.0501. The van der Waals surface area contributed by atoms with Gasteiger partial charge in [0.1, 0.15) is 12.1 Å². The van der Waals surface area contributed by atoms with Crippen LogP contribution in [-0.4, -0.2) is 49.2 Å². The lowest BCUT2D eigenvalue weighted by molar-refractivity contribution is -0.157. The zero-order chi connectivity index (χ0) is 19.1. The number of ketones is 1. The fourth-order valence-electron chi connectivity index (χ4n) is 3.47. The number of amides is 1. The molecule has 26 heavy (non-hydrogen) atoms. The molecule has 1 unspecified atom stereocenters. The Bertz CT molecular complexity index is 736. The molecular formula is C20H27NO4Si. The maximum absolute atomic E-state index is 13.3. The summed E-state index contributed by atoms with van der Waals surface area (Å²) in [6.07, 6.45) is 1.11. The highest BCUT2D eigenvalue weighted by Crippen LogP contribution is 2.32. The van der Waals surface area contributed by atoms with E-state index < -0.39 is 26.0 Å². The van der Waals surface area contributed by atoms with E-state index >= 15 is 0 Å². The summed E-state index contributed by atoms with van der Waals surface area (Å²) in [4.78, 5) is 28.0. The third-order valence-corrected chi connectivity index (χ3v) is 6.77. The fraction of sp³-hybridized carbons (Fsp3) is 0.500. The molecule has 1 saturated heterocycles. The Morgan fingerprint density at radius 2 is 1.81 bits per heavy atom. The van der Waals surface area contributed by atoms with Crippen molar-refractivity contribution in [2.45, 2.75) is 58.0 Å². The van der Waals surface area contributed by atoms with Crippen molar-refractivity contribution in [2.24, 2.45) is 0 Å². The molecular weight excluding hydrogens is 346 g/mol. The largest absolute Gasteiger partial charge is 0.348 e. The van der Waals surface area contributed by atoms with E-state index in [0.717, 1.165) is 5.56 Å². The molecule has 1 aromatic carbocycles. The van der Waals surface area contributed by atoms with Crippen molar-refractivity contribution in [3.8, 4) is 0 Å². The molecule has 2 aliphatic rings. The predicted octanol–water partition coefficient (Wildman–Crippen LogP) is 2.92. The van der Waals surface area contributed by atoms with Gasteiger partial charge in [0, 0.05) is 11.7 Å². The highest BCUT2D eigenvalue weighted by molar-refractivity contribution is 6.87. The normalized spacial score (nSPS) is 26.2. The van der Waals surface area contributed by atoms with Crippen LogP contribution in [0.15, 0.2) is 41.6 Å². The van der Waals surface area contributed by atoms with E-state index in [2.05, 4.69) is 19.6 Å². The summed E-state index contributed by atoms with van der Waals surface area (Å²) < 4.78 is 11.6. The summed E-state index contributed by atoms with van der Waals surface area (Å²) in [5.74, 6) is -0.856. The second-order valence-corrected chi connectivity index (χ2v) is 13.5. The summed E-state index contributed by atoms with van der Waals surface area (Å²) >= 11 is 0. The maximum atomic E-state index is 13.3. The Hall–Kier alpha value is -1.76. The monoisotopic (exact) mass is 373 g/mol. The van der Waals surface area contributed by atoms with Crippen LogP contribution in [0.4, 0.5) is 0 Å². The van der Waals surface area contributed by atoms with Crippen LogP contribution in [0.1, 0.15) is 19.4 Å². The van der Waals surface area contributed by atoms with Crippen molar-refractivity contribution < 1.29 is 19.1 Å². The van der Waals surface area contributed by atoms with Gasteiger partial charge < -0.3 is 14.4 Å². The van der Waals surface area contributed by atoms with Crippen molar-refractivity contribution >= 4 is 19.8 Å². The van der Waals surface area contributed by atoms with Crippen LogP contribution in [0.25, 0.3) is 0 Å². The molecule has 2 aliphatic heterocycles. The molecule has 0 radical (unpaired) electrons. The van der Waals surface area contributed by atoms with Crippen LogP contribution in [0.2, 0.25) is 19.6 Å². The maximum Gasteiger partial charge on any atom is 0.246 e. The minimum atomic E-state index is -1.94. The lowest BCUT2D eigenvalue weighted by Gasteiger charge is -2.39. The second kappa shape index (κ2) is 6.76. The molecule has 1 fully saturated rings. The molecule has 0 aliphatic carbocycles. The van der Waals surface area contributed by atoms with Crippen LogP contribution in [-0.2, 0) is 25.6 Å². The molecule has 140 valence electrons. The van der Waals surface area contributed by atoms with Gasteiger partial charge in [-0.2, -0.15) is 0 Å². The van der Waals surface area contributed by atoms with E-state index in [1.165, 1.54) is 0 Å². The molecule has 0 saturated carbocycles. The Balaban J connectivity index is 1.98. The summed E-state index contributed by atoms with van der Waals surface area (Å²) in [6.45, 7) is 10.6. The van der Waals surface area contributed by atoms with Crippen molar-refractivity contribution in [3.63, 3.8) is 0 Å². The molecule has 1 aromatic rings. The SMILES string of the molecule is CC1(C)OC[C@H](C2C(=O)C=C([Si](C)(C)C)C(=O)N2Cc2ccccc2)O1. The van der Waals surface area contributed by atoms with Crippen LogP contribution >= 0.6 is 0 Å². The lowest BCUT2D eigenvalue weighted by atomic mass is 9.99. The predicted molar refractivity (Wildman–Crippen MR) is 102 cm³/mol. The van der Waals surface area contributed by atoms with Gasteiger partial charge in [0.25, 0.3) is 0 Å². The zero-order valence-electron chi connectivity index (χ0n) is 16.1. The van der Waals surface area contributed by atoms with Gasteiger partial charge in [0.15, 0.2) is 11.6 Å². The highest BCUT2D eigenvalue weighted by atomic mass is 28.3. The van der Waals surface area contributed by atoms with Crippen molar-refractivity contribution in [1.82, 2.24) is 4.90 Å². The van der Waals surface area contributed by atoms with E-state index in [-0.39, 0.29) is 11.7 Å². The van der Waals surface area contributed by atoms with Gasteiger partial charge in [-0.15, -0.1) is 0 Å². The van der Waals surface area contributed by atoms with E-state index in [0.29, 0.717) is 18.3 Å². The van der Waals surface area contributed by atoms with Gasteiger partial charge in [-0.25, -0.2) is 0 Å². The highest BCUT2D eigenvalue weighted by Gasteiger charge is 2.48. The van der Waals surface area contributed by atoms with Crippen molar-refractivity contribution in [1.29, 1.82) is 0 Å². The number of hydrogen-bond acceptors (Lipinski definition) is 4. The van der Waals surface area contributed by atoms with Crippen molar-refractivity contribution in [2.75, 3.05) is 6.61 Å². The second-order valence-electron chi connectivity index (χ2n) is 8.44. The molecule has 0 aromatic heterocycles. The third-order valence-electron chi connectivity index (χ3n) is 4.79. The number of nitrogens with zero attached hydrogens (tertiary/aromatic N) is 1. The van der Waals surface area contributed by atoms with Crippen molar-refractivity contribution in [3.05, 3.63) is 47.2 Å². The van der Waals surface area contributed by atoms with Gasteiger partial charge in [0.05, 0.1) is 14.7 Å². The number of hydrogen-bond donors (Lipinski definition) is 0. The van der Waals surface area contributed by atoms with Gasteiger partial charge >= 0.3 is 0 Å². The summed E-state index contributed by atoms with van der Waals surface area (Å²) in [6, 6.07) is 9.11. The minimum Gasteiger partial charge on any atom is -0.348 e. The molecule has 0 bridgehead atoms. The zero-order valence-corrected chi connectivity index (χ0v) is 17.1. The Kier molecular flexibility index (Phi) is 4.94. The molecule has 0 N–H and O–H groups in total. The average Bonchev–Trinajstić information content (AvgIpc) is 2.90. The standard InChI is InChI=1S/C20H27NO4Si/c1-20(2)24-13-16(25-20)18-15(22)11-17(26(3,4)5)19(23)21(18)12-14-9-7-6-8-10-14/h6-11,16,18H,12-13H2,1-5H3/t16-,18?/m1/s1. The van der Waals surface area contributed by atoms with E-state index in [1.807, 2.05) is 44.2 Å². The Labute approximate surface area is 156 Å².